The number of benzene rings is 1. The maximum atomic E-state index is 14.3. The van der Waals surface area contributed by atoms with Crippen LogP contribution in [0.25, 0.3) is 0 Å². The third-order valence-corrected chi connectivity index (χ3v) is 17.3. The molecule has 14 atom stereocenters. The van der Waals surface area contributed by atoms with E-state index >= 15 is 0 Å². The Balaban J connectivity index is 3.41. The SMILES string of the molecule is CC[C@H](C)[C@H](NC(=O)[C@H](CC(N)=O)NC(=O)[C@@H](NC(=O)[C@H](C)NC(=O)[C@H](C)NC(=O)[C@H](CCC(N)=O)NC(=O)[C@H](CCCCN)NC(=O)CCCCCN)C(C)C)C(=O)N[C@@H](CC(N)=O)C(=O)N[C@@H](CC(N)=O)C(=O)N[C@@H](CO)C(=O)N[C@H](C(=O)N[C@@H](Cc1ccccc1)C(=O)N[C@@H](CCCN=C(N)N)C(N)=O)C(C)C. The summed E-state index contributed by atoms with van der Waals surface area (Å²) in [5, 5.41) is 41.7. The van der Waals surface area contributed by atoms with Crippen LogP contribution in [0.3, 0.4) is 0 Å². The quantitative estimate of drug-likeness (QED) is 0.0164. The largest absolute Gasteiger partial charge is 0.394 e. The van der Waals surface area contributed by atoms with E-state index in [1.165, 1.54) is 48.5 Å². The van der Waals surface area contributed by atoms with Crippen molar-refractivity contribution in [2.24, 2.45) is 74.3 Å². The van der Waals surface area contributed by atoms with Crippen LogP contribution >= 0.6 is 0 Å². The molecule has 1 rings (SSSR count). The van der Waals surface area contributed by atoms with Gasteiger partial charge in [0.1, 0.15) is 78.5 Å². The van der Waals surface area contributed by atoms with Crippen LogP contribution in [0.15, 0.2) is 35.3 Å². The van der Waals surface area contributed by atoms with Gasteiger partial charge in [-0.25, -0.2) is 0 Å². The van der Waals surface area contributed by atoms with Crippen LogP contribution in [0.5, 0.6) is 0 Å². The normalized spacial score (nSPS) is 14.8. The Bertz CT molecular complexity index is 3380. The lowest BCUT2D eigenvalue weighted by atomic mass is 9.96. The molecule has 0 spiro atoms. The summed E-state index contributed by atoms with van der Waals surface area (Å²) in [6.45, 7) is 11.1. The number of guanidine groups is 1. The van der Waals surface area contributed by atoms with Crippen LogP contribution in [0.4, 0.5) is 0 Å². The molecule has 0 fully saturated rings. The minimum Gasteiger partial charge on any atom is -0.394 e. The number of aliphatic imine (C=N–C) groups is 1. The van der Waals surface area contributed by atoms with E-state index in [1.807, 2.05) is 0 Å². The highest BCUT2D eigenvalue weighted by atomic mass is 16.3. The summed E-state index contributed by atoms with van der Waals surface area (Å²) in [4.78, 5) is 245. The fraction of sp³-hybridized carbons (Fsp3) is 0.638. The van der Waals surface area contributed by atoms with Gasteiger partial charge in [-0.15, -0.1) is 0 Å². The van der Waals surface area contributed by atoms with E-state index in [9.17, 15) is 91.4 Å². The Labute approximate surface area is 643 Å². The molecular weight excluding hydrogens is 1450 g/mol. The number of hydrogen-bond acceptors (Lipinski definition) is 22. The standard InChI is InChI=1S/C69H117N23O19/c1-9-36(6)55(92-64(107)46(32-51(75)97)87-66(109)53(34(2)3)90-58(101)38(8)80-57(100)37(7)81-59(102)42(24-25-48(72)94)84-60(103)41(21-15-17-27-71)82-52(98)23-14-11-16-26-70)68(111)88-45(31-50(74)96)62(105)85-44(30-49(73)95)63(106)89-47(33-93)65(108)91-54(35(4)5)67(110)86-43(29-39-19-12-10-13-20-39)61(104)83-40(56(76)99)22-18-28-79-69(77)78/h10,12-13,19-20,34-38,40-47,53-55,93H,9,11,14-18,21-33,70-71H2,1-8H3,(H2,72,94)(H2,73,95)(H2,74,96)(H2,75,97)(H2,76,99)(H,80,100)(H,81,102)(H,82,98)(H,83,104)(H,84,103)(H,85,105)(H,86,110)(H,87,109)(H,88,111)(H,89,106)(H,90,101)(H,91,108)(H,92,107)(H4,77,78,79)/t36-,37-,38-,40-,41-,42-,43-,44-,45-,46-,47-,53-,54-,55-/m0/s1. The van der Waals surface area contributed by atoms with Gasteiger partial charge in [-0.2, -0.15) is 0 Å². The Kier molecular flexibility index (Phi) is 45.2. The van der Waals surface area contributed by atoms with E-state index in [0.29, 0.717) is 50.8 Å². The molecule has 111 heavy (non-hydrogen) atoms. The number of unbranched alkanes of at least 4 members (excludes halogenated alkanes) is 3. The molecule has 0 saturated carbocycles. The number of carbonyl (C=O) groups excluding carboxylic acids is 18. The highest BCUT2D eigenvalue weighted by Gasteiger charge is 2.39. The van der Waals surface area contributed by atoms with Gasteiger partial charge in [0.05, 0.1) is 25.9 Å². The molecule has 1 aromatic carbocycles. The van der Waals surface area contributed by atoms with Gasteiger partial charge in [0.25, 0.3) is 0 Å². The van der Waals surface area contributed by atoms with Crippen LogP contribution in [-0.4, -0.2) is 222 Å². The predicted octanol–water partition coefficient (Wildman–Crippen LogP) is -9.00. The molecule has 18 amide bonds. The first-order valence-corrected chi connectivity index (χ1v) is 36.6. The number of rotatable bonds is 55. The fourth-order valence-corrected chi connectivity index (χ4v) is 10.7. The molecule has 0 aliphatic carbocycles. The fourth-order valence-electron chi connectivity index (χ4n) is 10.7. The van der Waals surface area contributed by atoms with Gasteiger partial charge in [-0.1, -0.05) is 84.7 Å². The number of amides is 18. The number of primary amides is 5. The second-order valence-corrected chi connectivity index (χ2v) is 27.5. The number of nitrogens with zero attached hydrogens (tertiary/aromatic N) is 1. The van der Waals surface area contributed by atoms with Crippen LogP contribution in [-0.2, 0) is 92.7 Å². The van der Waals surface area contributed by atoms with E-state index in [1.54, 1.807) is 37.3 Å². The zero-order valence-electron chi connectivity index (χ0n) is 64.2. The van der Waals surface area contributed by atoms with Crippen molar-refractivity contribution in [3.8, 4) is 0 Å². The van der Waals surface area contributed by atoms with Gasteiger partial charge >= 0.3 is 0 Å². The van der Waals surface area contributed by atoms with Gasteiger partial charge < -0.3 is 126 Å². The lowest BCUT2D eigenvalue weighted by Gasteiger charge is -2.30. The van der Waals surface area contributed by atoms with Crippen molar-refractivity contribution in [1.29, 1.82) is 0 Å². The molecule has 0 bridgehead atoms. The van der Waals surface area contributed by atoms with Gasteiger partial charge in [-0.05, 0) is 102 Å². The lowest BCUT2D eigenvalue weighted by Crippen LogP contribution is -2.62. The predicted molar refractivity (Wildman–Crippen MR) is 402 cm³/mol. The van der Waals surface area contributed by atoms with Crippen molar-refractivity contribution in [3.63, 3.8) is 0 Å². The van der Waals surface area contributed by atoms with Crippen LogP contribution < -0.4 is 121 Å². The molecular formula is C69H117N23O19. The van der Waals surface area contributed by atoms with Crippen molar-refractivity contribution >= 4 is 112 Å². The summed E-state index contributed by atoms with van der Waals surface area (Å²) in [5.41, 5.74) is 49.9. The van der Waals surface area contributed by atoms with E-state index < -0.39 is 228 Å². The molecule has 0 heterocycles. The second kappa shape index (κ2) is 51.3. The number of hydrogen-bond donors (Lipinski definition) is 23. The second-order valence-electron chi connectivity index (χ2n) is 27.5. The lowest BCUT2D eigenvalue weighted by molar-refractivity contribution is -0.138. The smallest absolute Gasteiger partial charge is 0.245 e. The molecule has 0 aliphatic rings. The monoisotopic (exact) mass is 1570 g/mol. The summed E-state index contributed by atoms with van der Waals surface area (Å²) in [6.07, 6.45) is -0.376. The average Bonchev–Trinajstić information content (AvgIpc) is 0.853. The number of nitrogens with one attached hydrogen (secondary N) is 13. The van der Waals surface area contributed by atoms with Crippen molar-refractivity contribution in [1.82, 2.24) is 69.1 Å². The summed E-state index contributed by atoms with van der Waals surface area (Å²) >= 11 is 0. The Morgan fingerprint density at radius 2 is 0.748 bits per heavy atom. The third kappa shape index (κ3) is 38.2. The molecule has 42 nitrogen and oxygen atoms in total. The molecule has 1 aromatic rings. The molecule has 622 valence electrons. The summed E-state index contributed by atoms with van der Waals surface area (Å²) in [5.74, 6) is -21.3. The summed E-state index contributed by atoms with van der Waals surface area (Å²) < 4.78 is 0. The molecule has 32 N–H and O–H groups in total. The van der Waals surface area contributed by atoms with Crippen molar-refractivity contribution in [2.45, 2.75) is 237 Å². The van der Waals surface area contributed by atoms with Gasteiger partial charge in [0, 0.05) is 25.8 Å². The zero-order chi connectivity index (χ0) is 84.4. The minimum absolute atomic E-state index is 0.00636. The highest BCUT2D eigenvalue weighted by molar-refractivity contribution is 6.02. The first-order valence-electron chi connectivity index (χ1n) is 36.6. The van der Waals surface area contributed by atoms with Crippen LogP contribution in [0.2, 0.25) is 0 Å². The third-order valence-electron chi connectivity index (χ3n) is 17.3. The summed E-state index contributed by atoms with van der Waals surface area (Å²) in [6, 6.07) is -12.3. The minimum atomic E-state index is -2.04. The zero-order valence-corrected chi connectivity index (χ0v) is 64.2. The number of aliphatic hydroxyl groups is 1. The topological polar surface area (TPSA) is 730 Å². The van der Waals surface area contributed by atoms with Gasteiger partial charge in [0.2, 0.25) is 106 Å². The summed E-state index contributed by atoms with van der Waals surface area (Å²) in [7, 11) is 0. The first-order chi connectivity index (χ1) is 52.1. The highest BCUT2D eigenvalue weighted by Crippen LogP contribution is 2.15. The number of carbonyl (C=O) groups is 18. The van der Waals surface area contributed by atoms with E-state index in [4.69, 9.17) is 51.6 Å². The van der Waals surface area contributed by atoms with Crippen molar-refractivity contribution in [3.05, 3.63) is 35.9 Å². The van der Waals surface area contributed by atoms with Crippen molar-refractivity contribution < 1.29 is 91.4 Å². The first kappa shape index (κ1) is 97.8. The molecule has 0 saturated heterocycles. The Morgan fingerprint density at radius 1 is 0.369 bits per heavy atom. The maximum Gasteiger partial charge on any atom is 0.245 e. The van der Waals surface area contributed by atoms with Crippen LogP contribution in [0, 0.1) is 17.8 Å². The Hall–Kier alpha value is -11.2. The molecule has 0 aliphatic heterocycles. The Morgan fingerprint density at radius 3 is 1.22 bits per heavy atom. The average molecular weight is 1570 g/mol. The van der Waals surface area contributed by atoms with Crippen LogP contribution in [0.1, 0.15) is 157 Å². The van der Waals surface area contributed by atoms with E-state index in [0.717, 1.165) is 0 Å². The molecule has 42 heteroatoms. The maximum absolute atomic E-state index is 14.3. The molecule has 0 radical (unpaired) electrons. The molecule has 0 unspecified atom stereocenters. The number of nitrogens with two attached hydrogens (primary N) is 9. The van der Waals surface area contributed by atoms with Gasteiger partial charge in [0.15, 0.2) is 5.96 Å². The van der Waals surface area contributed by atoms with Gasteiger partial charge in [-0.3, -0.25) is 91.3 Å². The van der Waals surface area contributed by atoms with Crippen molar-refractivity contribution in [2.75, 3.05) is 26.2 Å². The van der Waals surface area contributed by atoms with E-state index in [2.05, 4.69) is 74.1 Å². The van der Waals surface area contributed by atoms with E-state index in [-0.39, 0.29) is 63.9 Å². The number of aliphatic hydroxyl groups excluding tert-OH is 1. The molecule has 0 aromatic heterocycles.